The number of aryl methyl sites for hydroxylation is 1. The van der Waals surface area contributed by atoms with E-state index >= 15 is 0 Å². The first kappa shape index (κ1) is 17.4. The van der Waals surface area contributed by atoms with E-state index in [9.17, 15) is 9.59 Å². The number of aromatic nitrogens is 1. The molecule has 0 saturated carbocycles. The Hall–Kier alpha value is -2.40. The zero-order chi connectivity index (χ0) is 18.0. The highest BCUT2D eigenvalue weighted by Crippen LogP contribution is 2.23. The average Bonchev–Trinajstić information content (AvgIpc) is 3.02. The van der Waals surface area contributed by atoms with Gasteiger partial charge in [0.25, 0.3) is 0 Å². The van der Waals surface area contributed by atoms with Crippen molar-refractivity contribution in [1.82, 2.24) is 9.88 Å². The number of hydrogen-bond acceptors (Lipinski definition) is 3. The molecule has 1 atom stereocenters. The van der Waals surface area contributed by atoms with Crippen molar-refractivity contribution in [3.63, 3.8) is 0 Å². The Labute approximate surface area is 147 Å². The summed E-state index contributed by atoms with van der Waals surface area (Å²) in [5.41, 5.74) is 4.09. The second kappa shape index (κ2) is 7.23. The van der Waals surface area contributed by atoms with Gasteiger partial charge in [-0.2, -0.15) is 0 Å². The fraction of sp³-hybridized carbons (Fsp3) is 0.400. The SMILES string of the molecule is Cc1c[nH]c(CN2CC[C@H](Cc3cccc(C(=O)O)c3)C2)c(C)c1=O. The lowest BCUT2D eigenvalue weighted by atomic mass is 9.97. The smallest absolute Gasteiger partial charge is 0.335 e. The first-order valence-electron chi connectivity index (χ1n) is 8.66. The maximum absolute atomic E-state index is 12.1. The highest BCUT2D eigenvalue weighted by Gasteiger charge is 2.23. The summed E-state index contributed by atoms with van der Waals surface area (Å²) >= 11 is 0. The maximum Gasteiger partial charge on any atom is 0.335 e. The van der Waals surface area contributed by atoms with E-state index in [1.807, 2.05) is 26.0 Å². The molecule has 25 heavy (non-hydrogen) atoms. The van der Waals surface area contributed by atoms with Gasteiger partial charge >= 0.3 is 5.97 Å². The summed E-state index contributed by atoms with van der Waals surface area (Å²) < 4.78 is 0. The lowest BCUT2D eigenvalue weighted by Gasteiger charge is -2.17. The molecule has 0 spiro atoms. The van der Waals surface area contributed by atoms with Crippen LogP contribution in [-0.2, 0) is 13.0 Å². The largest absolute Gasteiger partial charge is 0.478 e. The Balaban J connectivity index is 1.63. The fourth-order valence-corrected chi connectivity index (χ4v) is 3.58. The Bertz CT molecular complexity index is 841. The number of pyridine rings is 1. The molecule has 1 saturated heterocycles. The van der Waals surface area contributed by atoms with Crippen LogP contribution in [0.4, 0.5) is 0 Å². The molecule has 5 heteroatoms. The standard InChI is InChI=1S/C20H24N2O3/c1-13-10-21-18(14(2)19(13)23)12-22-7-6-16(11-22)8-15-4-3-5-17(9-15)20(24)25/h3-5,9-10,16H,6-8,11-12H2,1-2H3,(H,21,23)(H,24,25)/t16-/m1/s1. The van der Waals surface area contributed by atoms with Crippen molar-refractivity contribution >= 4 is 5.97 Å². The normalized spacial score (nSPS) is 17.8. The molecule has 132 valence electrons. The van der Waals surface area contributed by atoms with Crippen LogP contribution in [0.5, 0.6) is 0 Å². The van der Waals surface area contributed by atoms with Gasteiger partial charge in [0.2, 0.25) is 0 Å². The molecule has 5 nitrogen and oxygen atoms in total. The first-order chi connectivity index (χ1) is 11.9. The van der Waals surface area contributed by atoms with Crippen LogP contribution in [0.3, 0.4) is 0 Å². The number of carbonyl (C=O) groups is 1. The van der Waals surface area contributed by atoms with Crippen molar-refractivity contribution in [2.24, 2.45) is 5.92 Å². The molecule has 1 aromatic heterocycles. The van der Waals surface area contributed by atoms with Gasteiger partial charge in [0, 0.05) is 36.1 Å². The van der Waals surface area contributed by atoms with Crippen LogP contribution in [0.25, 0.3) is 0 Å². The summed E-state index contributed by atoms with van der Waals surface area (Å²) in [6.45, 7) is 6.43. The van der Waals surface area contributed by atoms with Gasteiger partial charge in [-0.05, 0) is 56.8 Å². The van der Waals surface area contributed by atoms with E-state index in [0.717, 1.165) is 54.9 Å². The summed E-state index contributed by atoms with van der Waals surface area (Å²) in [5.74, 6) is -0.366. The number of carboxylic acids is 1. The number of hydrogen-bond donors (Lipinski definition) is 2. The van der Waals surface area contributed by atoms with E-state index in [2.05, 4.69) is 9.88 Å². The lowest BCUT2D eigenvalue weighted by molar-refractivity contribution is 0.0696. The number of carboxylic acid groups (broad SMARTS) is 1. The number of H-pyrrole nitrogens is 1. The number of benzene rings is 1. The summed E-state index contributed by atoms with van der Waals surface area (Å²) in [6, 6.07) is 7.21. The average molecular weight is 340 g/mol. The molecule has 0 aliphatic carbocycles. The zero-order valence-corrected chi connectivity index (χ0v) is 14.7. The minimum Gasteiger partial charge on any atom is -0.478 e. The Morgan fingerprint density at radius 3 is 2.92 bits per heavy atom. The molecule has 2 heterocycles. The van der Waals surface area contributed by atoms with Crippen molar-refractivity contribution in [1.29, 1.82) is 0 Å². The van der Waals surface area contributed by atoms with Crippen LogP contribution >= 0.6 is 0 Å². The number of likely N-dealkylation sites (tertiary alicyclic amines) is 1. The van der Waals surface area contributed by atoms with E-state index in [-0.39, 0.29) is 5.43 Å². The van der Waals surface area contributed by atoms with Gasteiger partial charge in [0.15, 0.2) is 5.43 Å². The molecular weight excluding hydrogens is 316 g/mol. The fourth-order valence-electron chi connectivity index (χ4n) is 3.58. The van der Waals surface area contributed by atoms with E-state index in [4.69, 9.17) is 5.11 Å². The highest BCUT2D eigenvalue weighted by molar-refractivity contribution is 5.87. The van der Waals surface area contributed by atoms with Crippen LogP contribution in [0.1, 0.15) is 39.2 Å². The second-order valence-corrected chi connectivity index (χ2v) is 7.00. The molecule has 0 unspecified atom stereocenters. The summed E-state index contributed by atoms with van der Waals surface area (Å²) in [7, 11) is 0. The third-order valence-electron chi connectivity index (χ3n) is 5.06. The predicted molar refractivity (Wildman–Crippen MR) is 97.0 cm³/mol. The monoisotopic (exact) mass is 340 g/mol. The zero-order valence-electron chi connectivity index (χ0n) is 14.7. The van der Waals surface area contributed by atoms with Gasteiger partial charge in [-0.1, -0.05) is 12.1 Å². The molecule has 1 aliphatic rings. The van der Waals surface area contributed by atoms with Crippen LogP contribution in [0.2, 0.25) is 0 Å². The molecule has 0 bridgehead atoms. The molecule has 0 radical (unpaired) electrons. The lowest BCUT2D eigenvalue weighted by Crippen LogP contribution is -2.24. The summed E-state index contributed by atoms with van der Waals surface area (Å²) in [5, 5.41) is 9.11. The Morgan fingerprint density at radius 1 is 1.36 bits per heavy atom. The van der Waals surface area contributed by atoms with Crippen molar-refractivity contribution < 1.29 is 9.90 Å². The number of nitrogens with one attached hydrogen (secondary N) is 1. The third kappa shape index (κ3) is 3.99. The molecule has 1 fully saturated rings. The van der Waals surface area contributed by atoms with Gasteiger partial charge in [-0.3, -0.25) is 9.69 Å². The highest BCUT2D eigenvalue weighted by atomic mass is 16.4. The number of aromatic carboxylic acids is 1. The molecule has 2 N–H and O–H groups in total. The Kier molecular flexibility index (Phi) is 5.04. The third-order valence-corrected chi connectivity index (χ3v) is 5.06. The minimum atomic E-state index is -0.881. The molecule has 3 rings (SSSR count). The number of nitrogens with zero attached hydrogens (tertiary/aromatic N) is 1. The van der Waals surface area contributed by atoms with E-state index in [1.54, 1.807) is 18.3 Å². The number of aromatic amines is 1. The van der Waals surface area contributed by atoms with Crippen molar-refractivity contribution in [2.75, 3.05) is 13.1 Å². The van der Waals surface area contributed by atoms with E-state index in [0.29, 0.717) is 11.5 Å². The maximum atomic E-state index is 12.1. The van der Waals surface area contributed by atoms with Crippen molar-refractivity contribution in [2.45, 2.75) is 33.2 Å². The van der Waals surface area contributed by atoms with E-state index in [1.165, 1.54) is 0 Å². The quantitative estimate of drug-likeness (QED) is 0.878. The van der Waals surface area contributed by atoms with Crippen LogP contribution in [0.15, 0.2) is 35.3 Å². The van der Waals surface area contributed by atoms with E-state index < -0.39 is 5.97 Å². The molecular formula is C20H24N2O3. The van der Waals surface area contributed by atoms with Gasteiger partial charge in [0.1, 0.15) is 0 Å². The van der Waals surface area contributed by atoms with Crippen molar-refractivity contribution in [3.8, 4) is 0 Å². The summed E-state index contributed by atoms with van der Waals surface area (Å²) in [4.78, 5) is 28.8. The summed E-state index contributed by atoms with van der Waals surface area (Å²) in [6.07, 6.45) is 3.77. The van der Waals surface area contributed by atoms with Gasteiger partial charge < -0.3 is 10.1 Å². The van der Waals surface area contributed by atoms with Crippen LogP contribution in [-0.4, -0.2) is 34.0 Å². The molecule has 1 aromatic carbocycles. The van der Waals surface area contributed by atoms with Gasteiger partial charge in [-0.15, -0.1) is 0 Å². The van der Waals surface area contributed by atoms with Crippen LogP contribution in [0, 0.1) is 19.8 Å². The molecule has 2 aromatic rings. The van der Waals surface area contributed by atoms with Crippen molar-refractivity contribution in [3.05, 3.63) is 68.6 Å². The molecule has 1 aliphatic heterocycles. The predicted octanol–water partition coefficient (Wildman–Crippen LogP) is 2.75. The van der Waals surface area contributed by atoms with Gasteiger partial charge in [0.05, 0.1) is 5.56 Å². The second-order valence-electron chi connectivity index (χ2n) is 7.00. The molecule has 0 amide bonds. The topological polar surface area (TPSA) is 73.4 Å². The van der Waals surface area contributed by atoms with Crippen LogP contribution < -0.4 is 5.43 Å². The first-order valence-corrected chi connectivity index (χ1v) is 8.66. The minimum absolute atomic E-state index is 0.120. The Morgan fingerprint density at radius 2 is 2.16 bits per heavy atom. The number of rotatable bonds is 5. The van der Waals surface area contributed by atoms with Gasteiger partial charge in [-0.25, -0.2) is 4.79 Å².